The highest BCUT2D eigenvalue weighted by Crippen LogP contribution is 2.30. The number of aromatic nitrogens is 3. The molecule has 0 saturated carbocycles. The van der Waals surface area contributed by atoms with Crippen molar-refractivity contribution in [2.45, 2.75) is 19.0 Å². The van der Waals surface area contributed by atoms with Crippen LogP contribution in [0.1, 0.15) is 18.2 Å². The van der Waals surface area contributed by atoms with Gasteiger partial charge in [0.25, 0.3) is 0 Å². The summed E-state index contributed by atoms with van der Waals surface area (Å²) in [6.07, 6.45) is 2.96. The average molecular weight is 402 g/mol. The van der Waals surface area contributed by atoms with E-state index in [-0.39, 0.29) is 11.5 Å². The molecule has 0 bridgehead atoms. The third-order valence-corrected chi connectivity index (χ3v) is 4.58. The van der Waals surface area contributed by atoms with E-state index in [4.69, 9.17) is 14.3 Å². The Balaban J connectivity index is 2.01. The van der Waals surface area contributed by atoms with Gasteiger partial charge in [0.05, 0.1) is 30.4 Å². The summed E-state index contributed by atoms with van der Waals surface area (Å²) >= 11 is 0.988. The highest BCUT2D eigenvalue weighted by molar-refractivity contribution is 7.99. The quantitative estimate of drug-likeness (QED) is 0.435. The summed E-state index contributed by atoms with van der Waals surface area (Å²) < 4.78 is 12.1. The number of thioether (sulfide) groups is 1. The molecule has 0 aliphatic rings. The van der Waals surface area contributed by atoms with Crippen molar-refractivity contribution in [3.05, 3.63) is 41.9 Å². The Labute approximate surface area is 164 Å². The van der Waals surface area contributed by atoms with E-state index < -0.39 is 5.97 Å². The van der Waals surface area contributed by atoms with Crippen LogP contribution in [-0.2, 0) is 4.79 Å². The molecule has 2 N–H and O–H groups in total. The maximum Gasteiger partial charge on any atom is 0.313 e. The normalized spacial score (nSPS) is 11.2. The summed E-state index contributed by atoms with van der Waals surface area (Å²) in [4.78, 5) is 10.9. The molecule has 3 rings (SSSR count). The third-order valence-electron chi connectivity index (χ3n) is 3.68. The van der Waals surface area contributed by atoms with Gasteiger partial charge in [-0.15, -0.1) is 10.2 Å². The number of hydrogen-bond acceptors (Lipinski definition) is 8. The smallest absolute Gasteiger partial charge is 0.313 e. The number of ether oxygens (including phenoxy) is 1. The van der Waals surface area contributed by atoms with Crippen molar-refractivity contribution < 1.29 is 24.2 Å². The van der Waals surface area contributed by atoms with Gasteiger partial charge in [-0.1, -0.05) is 17.8 Å². The molecule has 2 aromatic heterocycles. The molecular formula is C18H18N4O5S. The molecule has 146 valence electrons. The fraction of sp³-hybridized carbons (Fsp3) is 0.222. The predicted octanol–water partition coefficient (Wildman–Crippen LogP) is 3.01. The topological polar surface area (TPSA) is 123 Å². The van der Waals surface area contributed by atoms with Crippen molar-refractivity contribution in [1.29, 1.82) is 0 Å². The first kappa shape index (κ1) is 19.5. The molecule has 0 spiro atoms. The minimum absolute atomic E-state index is 0.0399. The van der Waals surface area contributed by atoms with Gasteiger partial charge < -0.3 is 19.4 Å². The maximum absolute atomic E-state index is 10.9. The minimum Gasteiger partial charge on any atom is -0.504 e. The fourth-order valence-corrected chi connectivity index (χ4v) is 3.01. The summed E-state index contributed by atoms with van der Waals surface area (Å²) in [5.41, 5.74) is 1.11. The van der Waals surface area contributed by atoms with Gasteiger partial charge in [-0.3, -0.25) is 4.79 Å². The van der Waals surface area contributed by atoms with Crippen LogP contribution in [0.5, 0.6) is 11.5 Å². The molecule has 0 fully saturated rings. The Hall–Kier alpha value is -3.27. The predicted molar refractivity (Wildman–Crippen MR) is 103 cm³/mol. The zero-order valence-electron chi connectivity index (χ0n) is 15.2. The van der Waals surface area contributed by atoms with Crippen molar-refractivity contribution >= 4 is 23.9 Å². The van der Waals surface area contributed by atoms with Crippen LogP contribution < -0.4 is 4.74 Å². The number of furan rings is 1. The van der Waals surface area contributed by atoms with Crippen LogP contribution in [0.15, 0.2) is 45.2 Å². The van der Waals surface area contributed by atoms with Crippen LogP contribution in [0, 0.1) is 6.92 Å². The number of benzene rings is 1. The molecule has 0 atom stereocenters. The van der Waals surface area contributed by atoms with E-state index in [1.807, 2.05) is 6.92 Å². The zero-order valence-corrected chi connectivity index (χ0v) is 16.0. The van der Waals surface area contributed by atoms with E-state index in [0.717, 1.165) is 11.8 Å². The molecule has 0 saturated heterocycles. The van der Waals surface area contributed by atoms with Gasteiger partial charge in [0.1, 0.15) is 5.76 Å². The SMILES string of the molecule is CCOc1cccc(/C=N/n2c(SCC(=O)O)nnc2-c2ccoc2C)c1O. The lowest BCUT2D eigenvalue weighted by Gasteiger charge is -2.07. The van der Waals surface area contributed by atoms with Crippen molar-refractivity contribution in [2.24, 2.45) is 5.10 Å². The number of carbonyl (C=O) groups is 1. The van der Waals surface area contributed by atoms with E-state index in [9.17, 15) is 9.90 Å². The minimum atomic E-state index is -0.980. The van der Waals surface area contributed by atoms with Gasteiger partial charge in [0, 0.05) is 5.56 Å². The molecule has 3 aromatic rings. The Morgan fingerprint density at radius 1 is 1.39 bits per heavy atom. The third kappa shape index (κ3) is 4.17. The molecule has 0 amide bonds. The molecule has 0 aliphatic heterocycles. The van der Waals surface area contributed by atoms with Gasteiger partial charge in [-0.05, 0) is 32.0 Å². The van der Waals surface area contributed by atoms with Gasteiger partial charge >= 0.3 is 5.97 Å². The number of hydrogen-bond donors (Lipinski definition) is 2. The van der Waals surface area contributed by atoms with Crippen LogP contribution in [0.3, 0.4) is 0 Å². The van der Waals surface area contributed by atoms with E-state index >= 15 is 0 Å². The van der Waals surface area contributed by atoms with Crippen molar-refractivity contribution in [2.75, 3.05) is 12.4 Å². The highest BCUT2D eigenvalue weighted by Gasteiger charge is 2.18. The number of aliphatic carboxylic acids is 1. The van der Waals surface area contributed by atoms with E-state index in [1.165, 1.54) is 17.2 Å². The van der Waals surface area contributed by atoms with Gasteiger partial charge in [-0.2, -0.15) is 9.78 Å². The highest BCUT2D eigenvalue weighted by atomic mass is 32.2. The van der Waals surface area contributed by atoms with E-state index in [0.29, 0.717) is 40.2 Å². The molecular weight excluding hydrogens is 384 g/mol. The van der Waals surface area contributed by atoms with Gasteiger partial charge in [0.15, 0.2) is 17.3 Å². The zero-order chi connectivity index (χ0) is 20.1. The monoisotopic (exact) mass is 402 g/mol. The van der Waals surface area contributed by atoms with Gasteiger partial charge in [0.2, 0.25) is 5.16 Å². The summed E-state index contributed by atoms with van der Waals surface area (Å²) in [6, 6.07) is 6.80. The summed E-state index contributed by atoms with van der Waals surface area (Å²) in [7, 11) is 0. The first-order valence-electron chi connectivity index (χ1n) is 8.34. The first-order valence-corrected chi connectivity index (χ1v) is 9.33. The van der Waals surface area contributed by atoms with Crippen molar-refractivity contribution in [3.63, 3.8) is 0 Å². The van der Waals surface area contributed by atoms with E-state index in [1.54, 1.807) is 31.2 Å². The van der Waals surface area contributed by atoms with Crippen LogP contribution in [0.2, 0.25) is 0 Å². The number of phenolic OH excluding ortho intramolecular Hbond substituents is 1. The summed E-state index contributed by atoms with van der Waals surface area (Å²) in [5, 5.41) is 32.1. The second-order valence-corrected chi connectivity index (χ2v) is 6.50. The second-order valence-electron chi connectivity index (χ2n) is 5.56. The van der Waals surface area contributed by atoms with E-state index in [2.05, 4.69) is 15.3 Å². The number of phenols is 1. The molecule has 10 heteroatoms. The number of aryl methyl sites for hydroxylation is 1. The molecule has 0 unspecified atom stereocenters. The number of carboxylic acids is 1. The summed E-state index contributed by atoms with van der Waals surface area (Å²) in [6.45, 7) is 4.02. The lowest BCUT2D eigenvalue weighted by molar-refractivity contribution is -0.133. The average Bonchev–Trinajstić information content (AvgIpc) is 3.26. The largest absolute Gasteiger partial charge is 0.504 e. The molecule has 9 nitrogen and oxygen atoms in total. The molecule has 2 heterocycles. The Bertz CT molecular complexity index is 1010. The van der Waals surface area contributed by atoms with Crippen molar-refractivity contribution in [1.82, 2.24) is 14.9 Å². The molecule has 0 aliphatic carbocycles. The number of carboxylic acid groups (broad SMARTS) is 1. The Morgan fingerprint density at radius 3 is 2.89 bits per heavy atom. The van der Waals surface area contributed by atoms with Crippen LogP contribution in [0.25, 0.3) is 11.4 Å². The lowest BCUT2D eigenvalue weighted by Crippen LogP contribution is -2.02. The molecule has 0 radical (unpaired) electrons. The lowest BCUT2D eigenvalue weighted by atomic mass is 10.2. The van der Waals surface area contributed by atoms with Crippen LogP contribution in [-0.4, -0.2) is 49.6 Å². The van der Waals surface area contributed by atoms with Crippen LogP contribution in [0.4, 0.5) is 0 Å². The number of aromatic hydroxyl groups is 1. The molecule has 1 aromatic carbocycles. The maximum atomic E-state index is 10.9. The van der Waals surface area contributed by atoms with Crippen LogP contribution >= 0.6 is 11.8 Å². The standard InChI is InChI=1S/C18H18N4O5S/c1-3-26-14-6-4-5-12(16(14)25)9-19-22-17(13-7-8-27-11(13)2)20-21-18(22)28-10-15(23)24/h4-9,25H,3,10H2,1-2H3,(H,23,24)/b19-9+. The Kier molecular flexibility index (Phi) is 5.99. The number of nitrogens with zero attached hydrogens (tertiary/aromatic N) is 4. The molecule has 28 heavy (non-hydrogen) atoms. The first-order chi connectivity index (χ1) is 13.5. The number of rotatable bonds is 8. The Morgan fingerprint density at radius 2 is 2.21 bits per heavy atom. The summed E-state index contributed by atoms with van der Waals surface area (Å²) in [5.74, 6) is 0.161. The second kappa shape index (κ2) is 8.61. The number of para-hydroxylation sites is 1. The fourth-order valence-electron chi connectivity index (χ4n) is 2.41. The van der Waals surface area contributed by atoms with Crippen molar-refractivity contribution in [3.8, 4) is 22.9 Å². The van der Waals surface area contributed by atoms with Gasteiger partial charge in [-0.25, -0.2) is 0 Å².